The fourth-order valence-corrected chi connectivity index (χ4v) is 2.94. The van der Waals surface area contributed by atoms with Crippen LogP contribution in [0.1, 0.15) is 25.3 Å². The van der Waals surface area contributed by atoms with Crippen molar-refractivity contribution in [1.29, 1.82) is 0 Å². The molecule has 5 nitrogen and oxygen atoms in total. The third-order valence-corrected chi connectivity index (χ3v) is 4.15. The summed E-state index contributed by atoms with van der Waals surface area (Å²) in [6.45, 7) is 2.31. The van der Waals surface area contributed by atoms with Gasteiger partial charge in [-0.1, -0.05) is 37.6 Å². The average Bonchev–Trinajstić information content (AvgIpc) is 3.22. The first-order valence-corrected chi connectivity index (χ1v) is 8.35. The number of hydrogen-bond acceptors (Lipinski definition) is 4. The van der Waals surface area contributed by atoms with E-state index in [-0.39, 0.29) is 12.7 Å². The molecule has 2 aliphatic rings. The van der Waals surface area contributed by atoms with Crippen LogP contribution in [0.15, 0.2) is 59.2 Å². The molecule has 0 spiro atoms. The van der Waals surface area contributed by atoms with Gasteiger partial charge in [0.05, 0.1) is 17.0 Å². The zero-order valence-corrected chi connectivity index (χ0v) is 13.9. The molecule has 0 radical (unpaired) electrons. The number of ether oxygens (including phenoxy) is 2. The largest absolute Gasteiger partial charge is 0.454 e. The number of para-hydroxylation sites is 1. The van der Waals surface area contributed by atoms with Gasteiger partial charge in [-0.2, -0.15) is 10.1 Å². The van der Waals surface area contributed by atoms with Crippen molar-refractivity contribution in [1.82, 2.24) is 0 Å². The third-order valence-electron chi connectivity index (χ3n) is 4.15. The minimum absolute atomic E-state index is 0.104. The van der Waals surface area contributed by atoms with Gasteiger partial charge < -0.3 is 9.47 Å². The van der Waals surface area contributed by atoms with Gasteiger partial charge >= 0.3 is 0 Å². The monoisotopic (exact) mass is 334 g/mol. The molecule has 0 aliphatic carbocycles. The molecule has 2 aromatic carbocycles. The molecule has 4 rings (SSSR count). The highest BCUT2D eigenvalue weighted by atomic mass is 16.7. The topological polar surface area (TPSA) is 51.1 Å². The van der Waals surface area contributed by atoms with Crippen molar-refractivity contribution in [2.45, 2.75) is 19.8 Å². The van der Waals surface area contributed by atoms with E-state index in [9.17, 15) is 4.79 Å². The number of rotatable bonds is 4. The van der Waals surface area contributed by atoms with Crippen LogP contribution in [-0.2, 0) is 4.79 Å². The van der Waals surface area contributed by atoms with Gasteiger partial charge in [0.2, 0.25) is 6.79 Å². The Labute approximate surface area is 146 Å². The summed E-state index contributed by atoms with van der Waals surface area (Å²) >= 11 is 0. The summed E-state index contributed by atoms with van der Waals surface area (Å²) in [6, 6.07) is 15.2. The summed E-state index contributed by atoms with van der Waals surface area (Å²) < 4.78 is 10.8. The molecule has 5 heteroatoms. The van der Waals surface area contributed by atoms with E-state index in [1.54, 1.807) is 0 Å². The normalized spacial score (nSPS) is 17.3. The number of benzene rings is 2. The molecular weight excluding hydrogens is 316 g/mol. The molecule has 0 N–H and O–H groups in total. The second-order valence-electron chi connectivity index (χ2n) is 5.92. The predicted octanol–water partition coefficient (Wildman–Crippen LogP) is 4.00. The van der Waals surface area contributed by atoms with E-state index in [0.717, 1.165) is 35.6 Å². The molecule has 2 aromatic rings. The summed E-state index contributed by atoms with van der Waals surface area (Å²) in [7, 11) is 0. The number of amides is 1. The molecule has 0 aromatic heterocycles. The minimum atomic E-state index is -0.104. The van der Waals surface area contributed by atoms with E-state index in [4.69, 9.17) is 9.47 Å². The lowest BCUT2D eigenvalue weighted by atomic mass is 10.0. The first kappa shape index (κ1) is 15.4. The van der Waals surface area contributed by atoms with Gasteiger partial charge in [-0.15, -0.1) is 0 Å². The second kappa shape index (κ2) is 6.43. The van der Waals surface area contributed by atoms with E-state index >= 15 is 0 Å². The van der Waals surface area contributed by atoms with Crippen LogP contribution in [0.4, 0.5) is 5.69 Å². The number of anilines is 1. The highest BCUT2D eigenvalue weighted by Crippen LogP contribution is 2.34. The van der Waals surface area contributed by atoms with Gasteiger partial charge in [0.1, 0.15) is 0 Å². The van der Waals surface area contributed by atoms with Crippen LogP contribution >= 0.6 is 0 Å². The van der Waals surface area contributed by atoms with Crippen LogP contribution in [0.5, 0.6) is 11.5 Å². The molecule has 0 atom stereocenters. The first-order valence-electron chi connectivity index (χ1n) is 8.35. The molecule has 2 aliphatic heterocycles. The van der Waals surface area contributed by atoms with E-state index < -0.39 is 0 Å². The van der Waals surface area contributed by atoms with Crippen molar-refractivity contribution in [3.05, 3.63) is 59.7 Å². The smallest absolute Gasteiger partial charge is 0.280 e. The van der Waals surface area contributed by atoms with E-state index in [1.807, 2.05) is 54.6 Å². The van der Waals surface area contributed by atoms with Gasteiger partial charge in [-0.3, -0.25) is 4.79 Å². The van der Waals surface area contributed by atoms with E-state index in [0.29, 0.717) is 11.3 Å². The average molecular weight is 334 g/mol. The van der Waals surface area contributed by atoms with Gasteiger partial charge in [0, 0.05) is 0 Å². The number of carbonyl (C=O) groups is 1. The summed E-state index contributed by atoms with van der Waals surface area (Å²) in [5.74, 6) is 1.33. The molecule has 126 valence electrons. The summed E-state index contributed by atoms with van der Waals surface area (Å²) in [5, 5.41) is 6.03. The van der Waals surface area contributed by atoms with E-state index in [2.05, 4.69) is 12.0 Å². The maximum Gasteiger partial charge on any atom is 0.280 e. The highest BCUT2D eigenvalue weighted by Gasteiger charge is 2.30. The van der Waals surface area contributed by atoms with Crippen LogP contribution < -0.4 is 14.5 Å². The van der Waals surface area contributed by atoms with Crippen molar-refractivity contribution < 1.29 is 14.3 Å². The Kier molecular flexibility index (Phi) is 3.98. The minimum Gasteiger partial charge on any atom is -0.454 e. The number of hydrazone groups is 1. The molecule has 0 saturated heterocycles. The second-order valence-corrected chi connectivity index (χ2v) is 5.92. The molecular formula is C20H18N2O3. The zero-order chi connectivity index (χ0) is 17.2. The molecule has 0 saturated carbocycles. The third kappa shape index (κ3) is 2.89. The SMILES string of the molecule is CCCC1=NN(c2ccccc2)C(=O)/C1=C/c1ccc2c(c1)OCO2. The fourth-order valence-electron chi connectivity index (χ4n) is 2.94. The van der Waals surface area contributed by atoms with Crippen LogP contribution in [0.2, 0.25) is 0 Å². The van der Waals surface area contributed by atoms with Crippen LogP contribution in [0.3, 0.4) is 0 Å². The zero-order valence-electron chi connectivity index (χ0n) is 13.9. The number of fused-ring (bicyclic) bond motifs is 1. The lowest BCUT2D eigenvalue weighted by Gasteiger charge is -2.11. The lowest BCUT2D eigenvalue weighted by Crippen LogP contribution is -2.21. The Balaban J connectivity index is 1.70. The van der Waals surface area contributed by atoms with Crippen molar-refractivity contribution in [3.8, 4) is 11.5 Å². The Morgan fingerprint density at radius 1 is 1.12 bits per heavy atom. The van der Waals surface area contributed by atoms with Crippen LogP contribution in [0, 0.1) is 0 Å². The summed E-state index contributed by atoms with van der Waals surface area (Å²) in [6.07, 6.45) is 3.56. The first-order chi connectivity index (χ1) is 12.3. The molecule has 0 fully saturated rings. The Morgan fingerprint density at radius 2 is 1.92 bits per heavy atom. The van der Waals surface area contributed by atoms with Gasteiger partial charge in [-0.05, 0) is 42.3 Å². The summed E-state index contributed by atoms with van der Waals surface area (Å²) in [5.41, 5.74) is 3.11. The van der Waals surface area contributed by atoms with Gasteiger partial charge in [-0.25, -0.2) is 0 Å². The summed E-state index contributed by atoms with van der Waals surface area (Å²) in [4.78, 5) is 12.9. The highest BCUT2D eigenvalue weighted by molar-refractivity contribution is 6.32. The predicted molar refractivity (Wildman–Crippen MR) is 96.8 cm³/mol. The number of nitrogens with zero attached hydrogens (tertiary/aromatic N) is 2. The quantitative estimate of drug-likeness (QED) is 0.794. The molecule has 25 heavy (non-hydrogen) atoms. The standard InChI is InChI=1S/C20H18N2O3/c1-2-6-17-16(11-14-9-10-18-19(12-14)25-13-24-18)20(23)22(21-17)15-7-4-3-5-8-15/h3-5,7-12H,2,6,13H2,1H3/b16-11+. The van der Waals surface area contributed by atoms with Crippen LogP contribution in [-0.4, -0.2) is 18.4 Å². The maximum absolute atomic E-state index is 12.9. The Hall–Kier alpha value is -3.08. The molecule has 1 amide bonds. The van der Waals surface area contributed by atoms with Crippen molar-refractivity contribution in [3.63, 3.8) is 0 Å². The van der Waals surface area contributed by atoms with Gasteiger partial charge in [0.25, 0.3) is 5.91 Å². The van der Waals surface area contributed by atoms with Crippen molar-refractivity contribution in [2.75, 3.05) is 11.8 Å². The lowest BCUT2D eigenvalue weighted by molar-refractivity contribution is -0.114. The fraction of sp³-hybridized carbons (Fsp3) is 0.200. The molecule has 2 heterocycles. The molecule has 0 unspecified atom stereocenters. The van der Waals surface area contributed by atoms with Crippen LogP contribution in [0.25, 0.3) is 6.08 Å². The number of carbonyl (C=O) groups excluding carboxylic acids is 1. The Bertz CT molecular complexity index is 872. The van der Waals surface area contributed by atoms with E-state index in [1.165, 1.54) is 5.01 Å². The van der Waals surface area contributed by atoms with Crippen molar-refractivity contribution >= 4 is 23.4 Å². The maximum atomic E-state index is 12.9. The molecule has 0 bridgehead atoms. The Morgan fingerprint density at radius 3 is 2.72 bits per heavy atom. The van der Waals surface area contributed by atoms with Gasteiger partial charge in [0.15, 0.2) is 11.5 Å². The number of hydrogen-bond donors (Lipinski definition) is 0. The van der Waals surface area contributed by atoms with Crippen molar-refractivity contribution in [2.24, 2.45) is 5.10 Å².